The lowest BCUT2D eigenvalue weighted by Crippen LogP contribution is -1.83. The molecule has 0 amide bonds. The third-order valence-electron chi connectivity index (χ3n) is 0.673. The minimum absolute atomic E-state index is 0.683. The largest absolute Gasteiger partial charge is 0.274 e. The van der Waals surface area contributed by atoms with E-state index in [0.717, 1.165) is 0 Å². The smallest absolute Gasteiger partial charge is 0.0785 e. The summed E-state index contributed by atoms with van der Waals surface area (Å²) in [7, 11) is 1.83. The maximum absolute atomic E-state index is 5.48. The van der Waals surface area contributed by atoms with Crippen LogP contribution in [0.2, 0.25) is 5.02 Å². The predicted octanol–water partition coefficient (Wildman–Crippen LogP) is 2.10. The molecular weight excluding hydrogens is 136 g/mol. The number of aryl methyl sites for hydroxylation is 1. The van der Waals surface area contributed by atoms with Crippen LogP contribution >= 0.6 is 11.6 Å². The molecule has 0 radical (unpaired) electrons. The van der Waals surface area contributed by atoms with Crippen LogP contribution in [0.4, 0.5) is 0 Å². The van der Waals surface area contributed by atoms with E-state index in [2.05, 4.69) is 5.10 Å². The van der Waals surface area contributed by atoms with Gasteiger partial charge in [0, 0.05) is 13.2 Å². The van der Waals surface area contributed by atoms with Gasteiger partial charge in [0.1, 0.15) is 0 Å². The minimum Gasteiger partial charge on any atom is -0.274 e. The van der Waals surface area contributed by atoms with E-state index in [-0.39, 0.29) is 0 Å². The Labute approximate surface area is 60.4 Å². The molecule has 0 aliphatic carbocycles. The van der Waals surface area contributed by atoms with Gasteiger partial charge >= 0.3 is 0 Å². The van der Waals surface area contributed by atoms with E-state index in [0.29, 0.717) is 5.02 Å². The van der Waals surface area contributed by atoms with E-state index >= 15 is 0 Å². The van der Waals surface area contributed by atoms with E-state index in [9.17, 15) is 0 Å². The molecule has 9 heavy (non-hydrogen) atoms. The molecule has 0 saturated heterocycles. The van der Waals surface area contributed by atoms with Gasteiger partial charge in [-0.05, 0) is 0 Å². The van der Waals surface area contributed by atoms with Gasteiger partial charge in [-0.2, -0.15) is 5.10 Å². The van der Waals surface area contributed by atoms with Crippen LogP contribution in [0, 0.1) is 0 Å². The number of hydrogen-bond acceptors (Lipinski definition) is 1. The van der Waals surface area contributed by atoms with Crippen molar-refractivity contribution >= 4 is 11.6 Å². The van der Waals surface area contributed by atoms with Crippen molar-refractivity contribution < 1.29 is 0 Å². The zero-order valence-electron chi connectivity index (χ0n) is 5.93. The lowest BCUT2D eigenvalue weighted by atomic mass is 10.7. The lowest BCUT2D eigenvalue weighted by molar-refractivity contribution is 0.768. The van der Waals surface area contributed by atoms with Gasteiger partial charge in [0.25, 0.3) is 0 Å². The molecule has 1 aromatic rings. The summed E-state index contributed by atoms with van der Waals surface area (Å²) >= 11 is 5.48. The van der Waals surface area contributed by atoms with Crippen molar-refractivity contribution in [3.05, 3.63) is 17.4 Å². The summed E-state index contributed by atoms with van der Waals surface area (Å²) in [5.41, 5.74) is 0. The Kier molecular flexibility index (Phi) is 4.14. The van der Waals surface area contributed by atoms with Crippen molar-refractivity contribution in [3.8, 4) is 0 Å². The van der Waals surface area contributed by atoms with Gasteiger partial charge < -0.3 is 0 Å². The molecule has 52 valence electrons. The Hall–Kier alpha value is -0.500. The molecule has 0 fully saturated rings. The van der Waals surface area contributed by atoms with Crippen molar-refractivity contribution in [3.63, 3.8) is 0 Å². The predicted molar refractivity (Wildman–Crippen MR) is 39.6 cm³/mol. The second kappa shape index (κ2) is 4.39. The fraction of sp³-hybridized carbons (Fsp3) is 0.500. The van der Waals surface area contributed by atoms with Gasteiger partial charge in [-0.25, -0.2) is 0 Å². The van der Waals surface area contributed by atoms with Crippen LogP contribution < -0.4 is 0 Å². The summed E-state index contributed by atoms with van der Waals surface area (Å²) < 4.78 is 1.66. The quantitative estimate of drug-likeness (QED) is 0.548. The second-order valence-corrected chi connectivity index (χ2v) is 1.77. The van der Waals surface area contributed by atoms with E-state index in [1.54, 1.807) is 17.1 Å². The maximum Gasteiger partial charge on any atom is 0.0785 e. The highest BCUT2D eigenvalue weighted by Crippen LogP contribution is 2.01. The zero-order valence-corrected chi connectivity index (χ0v) is 6.68. The number of hydrogen-bond donors (Lipinski definition) is 0. The molecule has 0 N–H and O–H groups in total. The van der Waals surface area contributed by atoms with Crippen molar-refractivity contribution in [1.29, 1.82) is 0 Å². The summed E-state index contributed by atoms with van der Waals surface area (Å²) in [6.45, 7) is 4.00. The van der Waals surface area contributed by atoms with Crippen molar-refractivity contribution in [2.45, 2.75) is 13.8 Å². The van der Waals surface area contributed by atoms with Crippen LogP contribution in [-0.2, 0) is 7.05 Å². The van der Waals surface area contributed by atoms with Crippen LogP contribution in [0.1, 0.15) is 13.8 Å². The first-order chi connectivity index (χ1) is 4.29. The molecule has 0 aliphatic rings. The van der Waals surface area contributed by atoms with Crippen LogP contribution in [0.3, 0.4) is 0 Å². The SMILES string of the molecule is CC.Cn1cc(Cl)cn1. The number of halogens is 1. The van der Waals surface area contributed by atoms with Crippen LogP contribution in [0.5, 0.6) is 0 Å². The van der Waals surface area contributed by atoms with Gasteiger partial charge in [-0.3, -0.25) is 4.68 Å². The highest BCUT2D eigenvalue weighted by molar-refractivity contribution is 6.30. The molecule has 0 aliphatic heterocycles. The molecular formula is C6H11ClN2. The molecule has 0 saturated carbocycles. The van der Waals surface area contributed by atoms with Crippen LogP contribution in [-0.4, -0.2) is 9.78 Å². The fourth-order valence-corrected chi connectivity index (χ4v) is 0.576. The summed E-state index contributed by atoms with van der Waals surface area (Å²) in [6.07, 6.45) is 3.34. The van der Waals surface area contributed by atoms with Gasteiger partial charge in [0.15, 0.2) is 0 Å². The van der Waals surface area contributed by atoms with Gasteiger partial charge in [-0.1, -0.05) is 25.4 Å². The number of rotatable bonds is 0. The zero-order chi connectivity index (χ0) is 7.28. The van der Waals surface area contributed by atoms with E-state index < -0.39 is 0 Å². The molecule has 1 heterocycles. The molecule has 0 spiro atoms. The average Bonchev–Trinajstić information content (AvgIpc) is 2.20. The van der Waals surface area contributed by atoms with Gasteiger partial charge in [-0.15, -0.1) is 0 Å². The molecule has 2 nitrogen and oxygen atoms in total. The normalized spacial score (nSPS) is 8.00. The van der Waals surface area contributed by atoms with Crippen LogP contribution in [0.15, 0.2) is 12.4 Å². The van der Waals surface area contributed by atoms with Crippen molar-refractivity contribution in [1.82, 2.24) is 9.78 Å². The highest BCUT2D eigenvalue weighted by atomic mass is 35.5. The van der Waals surface area contributed by atoms with Crippen molar-refractivity contribution in [2.75, 3.05) is 0 Å². The van der Waals surface area contributed by atoms with Gasteiger partial charge in [0.2, 0.25) is 0 Å². The lowest BCUT2D eigenvalue weighted by Gasteiger charge is -1.77. The maximum atomic E-state index is 5.48. The van der Waals surface area contributed by atoms with Gasteiger partial charge in [0.05, 0.1) is 11.2 Å². The van der Waals surface area contributed by atoms with E-state index in [4.69, 9.17) is 11.6 Å². The molecule has 0 bridgehead atoms. The monoisotopic (exact) mass is 146 g/mol. The molecule has 1 aromatic heterocycles. The Morgan fingerprint density at radius 2 is 2.11 bits per heavy atom. The van der Waals surface area contributed by atoms with E-state index in [1.165, 1.54) is 0 Å². The third-order valence-corrected chi connectivity index (χ3v) is 0.869. The first-order valence-electron chi connectivity index (χ1n) is 2.93. The Bertz CT molecular complexity index is 143. The molecule has 0 unspecified atom stereocenters. The first-order valence-corrected chi connectivity index (χ1v) is 3.31. The molecule has 0 atom stereocenters. The molecule has 0 aromatic carbocycles. The van der Waals surface area contributed by atoms with Crippen LogP contribution in [0.25, 0.3) is 0 Å². The highest BCUT2D eigenvalue weighted by Gasteiger charge is 1.84. The molecule has 1 rings (SSSR count). The summed E-state index contributed by atoms with van der Waals surface area (Å²) in [5.74, 6) is 0. The summed E-state index contributed by atoms with van der Waals surface area (Å²) in [4.78, 5) is 0. The second-order valence-electron chi connectivity index (χ2n) is 1.33. The summed E-state index contributed by atoms with van der Waals surface area (Å²) in [5, 5.41) is 4.48. The van der Waals surface area contributed by atoms with Crippen molar-refractivity contribution in [2.24, 2.45) is 7.05 Å². The first kappa shape index (κ1) is 8.50. The molecule has 3 heteroatoms. The Balaban J connectivity index is 0.000000291. The standard InChI is InChI=1S/C4H5ClN2.C2H6/c1-7-3-4(5)2-6-7;1-2/h2-3H,1H3;1-2H3. The topological polar surface area (TPSA) is 17.8 Å². The number of nitrogens with zero attached hydrogens (tertiary/aromatic N) is 2. The minimum atomic E-state index is 0.683. The fourth-order valence-electron chi connectivity index (χ4n) is 0.391. The Morgan fingerprint density at radius 3 is 2.22 bits per heavy atom. The Morgan fingerprint density at radius 1 is 1.56 bits per heavy atom. The number of aromatic nitrogens is 2. The van der Waals surface area contributed by atoms with E-state index in [1.807, 2.05) is 20.9 Å². The average molecular weight is 147 g/mol. The third kappa shape index (κ3) is 3.14. The summed E-state index contributed by atoms with van der Waals surface area (Å²) in [6, 6.07) is 0.